The zero-order chi connectivity index (χ0) is 26.2. The number of aromatic nitrogens is 3. The van der Waals surface area contributed by atoms with E-state index in [0.29, 0.717) is 29.6 Å². The minimum absolute atomic E-state index is 0.102. The Kier molecular flexibility index (Phi) is 6.65. The number of morpholine rings is 1. The van der Waals surface area contributed by atoms with E-state index in [1.807, 2.05) is 53.3 Å². The molecule has 0 spiro atoms. The molecule has 9 nitrogen and oxygen atoms in total. The van der Waals surface area contributed by atoms with Crippen molar-refractivity contribution in [1.82, 2.24) is 24.6 Å². The van der Waals surface area contributed by atoms with E-state index in [1.165, 1.54) is 0 Å². The van der Waals surface area contributed by atoms with Gasteiger partial charge < -0.3 is 25.2 Å². The summed E-state index contributed by atoms with van der Waals surface area (Å²) in [6.45, 7) is 3.87. The van der Waals surface area contributed by atoms with E-state index in [-0.39, 0.29) is 12.0 Å². The van der Waals surface area contributed by atoms with Gasteiger partial charge >= 0.3 is 0 Å². The van der Waals surface area contributed by atoms with Gasteiger partial charge in [0.25, 0.3) is 5.91 Å². The average Bonchev–Trinajstić information content (AvgIpc) is 3.52. The summed E-state index contributed by atoms with van der Waals surface area (Å²) in [6.07, 6.45) is 6.81. The van der Waals surface area contributed by atoms with Crippen LogP contribution < -0.4 is 15.5 Å². The SMILES string of the molecule is CN(C)CC[C@H]1CN(c2ccc(Nc3ccc(-c4cnc5cc(Cl)ccn45)c4c3C(=O)NC4)nc2)CCO1. The molecule has 10 heteroatoms. The van der Waals surface area contributed by atoms with Crippen molar-refractivity contribution < 1.29 is 9.53 Å². The van der Waals surface area contributed by atoms with Crippen molar-refractivity contribution in [1.29, 1.82) is 0 Å². The number of imidazole rings is 1. The summed E-state index contributed by atoms with van der Waals surface area (Å²) in [5.41, 5.74) is 5.99. The molecule has 2 aliphatic rings. The first-order chi connectivity index (χ1) is 18.5. The van der Waals surface area contributed by atoms with Crippen molar-refractivity contribution in [3.8, 4) is 11.3 Å². The van der Waals surface area contributed by atoms with Gasteiger partial charge in [-0.3, -0.25) is 9.20 Å². The smallest absolute Gasteiger partial charge is 0.254 e. The number of carbonyl (C=O) groups excluding carboxylic acids is 1. The molecule has 5 heterocycles. The van der Waals surface area contributed by atoms with Crippen LogP contribution in [0.15, 0.2) is 55.0 Å². The molecule has 0 radical (unpaired) electrons. The Hall–Kier alpha value is -3.66. The largest absolute Gasteiger partial charge is 0.374 e. The molecule has 1 amide bonds. The monoisotopic (exact) mass is 531 g/mol. The second kappa shape index (κ2) is 10.2. The van der Waals surface area contributed by atoms with Crippen LogP contribution in [0.25, 0.3) is 16.9 Å². The van der Waals surface area contributed by atoms with Gasteiger partial charge in [-0.05, 0) is 50.3 Å². The van der Waals surface area contributed by atoms with Crippen LogP contribution in [0.5, 0.6) is 0 Å². The fourth-order valence-corrected chi connectivity index (χ4v) is 5.32. The van der Waals surface area contributed by atoms with Crippen LogP contribution in [0.4, 0.5) is 17.2 Å². The number of benzene rings is 1. The number of nitrogens with zero attached hydrogens (tertiary/aromatic N) is 5. The second-order valence-electron chi connectivity index (χ2n) is 9.97. The number of hydrogen-bond donors (Lipinski definition) is 2. The lowest BCUT2D eigenvalue weighted by molar-refractivity contribution is 0.0311. The number of pyridine rings is 2. The Morgan fingerprint density at radius 3 is 2.89 bits per heavy atom. The number of hydrogen-bond acceptors (Lipinski definition) is 7. The van der Waals surface area contributed by atoms with Crippen LogP contribution in [0.3, 0.4) is 0 Å². The molecule has 1 saturated heterocycles. The van der Waals surface area contributed by atoms with Crippen molar-refractivity contribution in [2.24, 2.45) is 0 Å². The molecule has 4 aromatic rings. The number of anilines is 3. The number of carbonyl (C=O) groups is 1. The second-order valence-corrected chi connectivity index (χ2v) is 10.4. The van der Waals surface area contributed by atoms with Gasteiger partial charge in [0.05, 0.1) is 47.7 Å². The molecular formula is C28H30ClN7O2. The fraction of sp³-hybridized carbons (Fsp3) is 0.321. The minimum Gasteiger partial charge on any atom is -0.374 e. The zero-order valence-electron chi connectivity index (χ0n) is 21.4. The van der Waals surface area contributed by atoms with Crippen molar-refractivity contribution in [3.05, 3.63) is 71.1 Å². The van der Waals surface area contributed by atoms with Crippen LogP contribution in [0, 0.1) is 0 Å². The average molecular weight is 532 g/mol. The maximum Gasteiger partial charge on any atom is 0.254 e. The fourth-order valence-electron chi connectivity index (χ4n) is 5.16. The summed E-state index contributed by atoms with van der Waals surface area (Å²) >= 11 is 6.14. The Morgan fingerprint density at radius 1 is 1.18 bits per heavy atom. The van der Waals surface area contributed by atoms with E-state index in [9.17, 15) is 4.79 Å². The van der Waals surface area contributed by atoms with Crippen molar-refractivity contribution in [2.75, 3.05) is 50.6 Å². The van der Waals surface area contributed by atoms with Crippen molar-refractivity contribution in [2.45, 2.75) is 19.1 Å². The molecule has 3 aromatic heterocycles. The molecule has 2 aliphatic heterocycles. The van der Waals surface area contributed by atoms with Crippen LogP contribution >= 0.6 is 11.6 Å². The summed E-state index contributed by atoms with van der Waals surface area (Å²) in [5.74, 6) is 0.583. The lowest BCUT2D eigenvalue weighted by Crippen LogP contribution is -2.43. The van der Waals surface area contributed by atoms with E-state index >= 15 is 0 Å². The number of ether oxygens (including phenoxy) is 1. The first-order valence-corrected chi connectivity index (χ1v) is 13.2. The van der Waals surface area contributed by atoms with Crippen molar-refractivity contribution in [3.63, 3.8) is 0 Å². The van der Waals surface area contributed by atoms with Gasteiger partial charge in [0.1, 0.15) is 11.5 Å². The summed E-state index contributed by atoms with van der Waals surface area (Å²) in [4.78, 5) is 26.5. The Morgan fingerprint density at radius 2 is 2.08 bits per heavy atom. The van der Waals surface area contributed by atoms with E-state index in [0.717, 1.165) is 59.9 Å². The predicted octanol–water partition coefficient (Wildman–Crippen LogP) is 4.19. The van der Waals surface area contributed by atoms with Gasteiger partial charge in [0, 0.05) is 49.0 Å². The highest BCUT2D eigenvalue weighted by Crippen LogP contribution is 2.35. The summed E-state index contributed by atoms with van der Waals surface area (Å²) in [7, 11) is 4.16. The molecule has 196 valence electrons. The lowest BCUT2D eigenvalue weighted by Gasteiger charge is -2.34. The van der Waals surface area contributed by atoms with E-state index in [2.05, 4.69) is 50.6 Å². The van der Waals surface area contributed by atoms with Crippen LogP contribution in [0.1, 0.15) is 22.3 Å². The first-order valence-electron chi connectivity index (χ1n) is 12.8. The number of rotatable bonds is 7. The maximum absolute atomic E-state index is 12.9. The Labute approximate surface area is 226 Å². The molecule has 1 fully saturated rings. The van der Waals surface area contributed by atoms with Gasteiger partial charge in [-0.1, -0.05) is 17.7 Å². The molecule has 0 unspecified atom stereocenters. The normalized spacial score (nSPS) is 17.2. The van der Waals surface area contributed by atoms with Gasteiger partial charge in [0.2, 0.25) is 0 Å². The molecular weight excluding hydrogens is 502 g/mol. The van der Waals surface area contributed by atoms with Gasteiger partial charge in [0.15, 0.2) is 0 Å². The Balaban J connectivity index is 1.23. The molecule has 1 aromatic carbocycles. The van der Waals surface area contributed by atoms with E-state index in [1.54, 1.807) is 0 Å². The quantitative estimate of drug-likeness (QED) is 0.370. The highest BCUT2D eigenvalue weighted by atomic mass is 35.5. The van der Waals surface area contributed by atoms with Gasteiger partial charge in [-0.25, -0.2) is 9.97 Å². The number of nitrogens with one attached hydrogen (secondary N) is 2. The third-order valence-corrected chi connectivity index (χ3v) is 7.36. The van der Waals surface area contributed by atoms with E-state index in [4.69, 9.17) is 16.3 Å². The third kappa shape index (κ3) is 4.80. The maximum atomic E-state index is 12.9. The zero-order valence-corrected chi connectivity index (χ0v) is 22.2. The van der Waals surface area contributed by atoms with E-state index < -0.39 is 0 Å². The molecule has 0 aliphatic carbocycles. The summed E-state index contributed by atoms with van der Waals surface area (Å²) in [5, 5.41) is 6.97. The summed E-state index contributed by atoms with van der Waals surface area (Å²) in [6, 6.07) is 11.6. The summed E-state index contributed by atoms with van der Waals surface area (Å²) < 4.78 is 7.93. The van der Waals surface area contributed by atoms with Gasteiger partial charge in [-0.15, -0.1) is 0 Å². The molecule has 38 heavy (non-hydrogen) atoms. The topological polar surface area (TPSA) is 87.0 Å². The highest BCUT2D eigenvalue weighted by molar-refractivity contribution is 6.30. The molecule has 1 atom stereocenters. The van der Waals surface area contributed by atoms with Crippen LogP contribution in [-0.2, 0) is 11.3 Å². The molecule has 6 rings (SSSR count). The number of amides is 1. The van der Waals surface area contributed by atoms with Crippen LogP contribution in [0.2, 0.25) is 5.02 Å². The third-order valence-electron chi connectivity index (χ3n) is 7.13. The lowest BCUT2D eigenvalue weighted by atomic mass is 9.99. The van der Waals surface area contributed by atoms with Crippen molar-refractivity contribution >= 4 is 40.3 Å². The standard InChI is InChI=1S/C28H30ClN7O2/c1-34(2)9-8-20-17-35(11-12-38-20)19-3-6-25(30-14-19)33-23-5-4-21(22-15-32-28(37)27(22)23)24-16-31-26-13-18(29)7-10-36(24)26/h3-7,10,13-14,16,20H,8-9,11-12,15,17H2,1-2H3,(H,30,33)(H,32,37)/t20-/m0/s1. The molecule has 0 bridgehead atoms. The van der Waals surface area contributed by atoms with Gasteiger partial charge in [-0.2, -0.15) is 0 Å². The molecule has 2 N–H and O–H groups in total. The minimum atomic E-state index is -0.102. The number of fused-ring (bicyclic) bond motifs is 2. The van der Waals surface area contributed by atoms with Crippen LogP contribution in [-0.4, -0.2) is 71.6 Å². The number of halogens is 1. The molecule has 0 saturated carbocycles. The highest BCUT2D eigenvalue weighted by Gasteiger charge is 2.27. The first kappa shape index (κ1) is 24.7. The Bertz CT molecular complexity index is 1480. The predicted molar refractivity (Wildman–Crippen MR) is 149 cm³/mol.